The number of para-hydroxylation sites is 1. The summed E-state index contributed by atoms with van der Waals surface area (Å²) >= 11 is 0. The Kier molecular flexibility index (Phi) is 6.54. The molecule has 0 aliphatic rings. The second-order valence-corrected chi connectivity index (χ2v) is 5.42. The number of methoxy groups -OCH3 is 2. The lowest BCUT2D eigenvalue weighted by Crippen LogP contribution is -2.38. The molecule has 2 aromatic carbocycles. The molecule has 26 heavy (non-hydrogen) atoms. The van der Waals surface area contributed by atoms with Crippen molar-refractivity contribution in [3.63, 3.8) is 0 Å². The van der Waals surface area contributed by atoms with Gasteiger partial charge in [-0.2, -0.15) is 0 Å². The van der Waals surface area contributed by atoms with E-state index in [0.29, 0.717) is 11.5 Å². The van der Waals surface area contributed by atoms with Gasteiger partial charge in [-0.05, 0) is 24.3 Å². The maximum absolute atomic E-state index is 13.9. The van der Waals surface area contributed by atoms with Crippen LogP contribution in [0.3, 0.4) is 0 Å². The van der Waals surface area contributed by atoms with Crippen LogP contribution in [0.1, 0.15) is 17.3 Å². The van der Waals surface area contributed by atoms with E-state index in [9.17, 15) is 14.0 Å². The number of amides is 2. The summed E-state index contributed by atoms with van der Waals surface area (Å²) in [5.41, 5.74) is 0.432. The SMILES string of the molecule is COc1cccc(OC)c1C(=O)NCCN(C(C)=O)c1ccccc1F. The Labute approximate surface area is 151 Å². The van der Waals surface area contributed by atoms with Crippen molar-refractivity contribution in [2.24, 2.45) is 0 Å². The van der Waals surface area contributed by atoms with Crippen LogP contribution in [-0.2, 0) is 4.79 Å². The third kappa shape index (κ3) is 4.30. The molecule has 0 spiro atoms. The van der Waals surface area contributed by atoms with Gasteiger partial charge in [-0.3, -0.25) is 9.59 Å². The van der Waals surface area contributed by atoms with E-state index in [4.69, 9.17) is 9.47 Å². The summed E-state index contributed by atoms with van der Waals surface area (Å²) in [6.45, 7) is 1.60. The van der Waals surface area contributed by atoms with Gasteiger partial charge in [-0.1, -0.05) is 18.2 Å². The molecular weight excluding hydrogens is 339 g/mol. The fraction of sp³-hybridized carbons (Fsp3) is 0.263. The summed E-state index contributed by atoms with van der Waals surface area (Å²) < 4.78 is 24.3. The molecule has 0 unspecified atom stereocenters. The Morgan fingerprint density at radius 3 is 2.19 bits per heavy atom. The number of ether oxygens (including phenoxy) is 2. The first-order valence-electron chi connectivity index (χ1n) is 8.01. The van der Waals surface area contributed by atoms with Crippen molar-refractivity contribution in [1.29, 1.82) is 0 Å². The smallest absolute Gasteiger partial charge is 0.258 e. The average Bonchev–Trinajstić information content (AvgIpc) is 2.64. The van der Waals surface area contributed by atoms with Crippen molar-refractivity contribution < 1.29 is 23.5 Å². The van der Waals surface area contributed by atoms with Crippen molar-refractivity contribution >= 4 is 17.5 Å². The van der Waals surface area contributed by atoms with Gasteiger partial charge < -0.3 is 19.7 Å². The average molecular weight is 360 g/mol. The molecule has 138 valence electrons. The minimum absolute atomic E-state index is 0.124. The summed E-state index contributed by atoms with van der Waals surface area (Å²) in [5.74, 6) is -0.477. The molecule has 1 N–H and O–H groups in total. The van der Waals surface area contributed by atoms with E-state index in [1.165, 1.54) is 38.2 Å². The first-order chi connectivity index (χ1) is 12.5. The maximum Gasteiger partial charge on any atom is 0.258 e. The van der Waals surface area contributed by atoms with Crippen molar-refractivity contribution in [1.82, 2.24) is 5.32 Å². The molecule has 0 aliphatic carbocycles. The molecule has 0 atom stereocenters. The highest BCUT2D eigenvalue weighted by atomic mass is 19.1. The molecule has 2 aromatic rings. The van der Waals surface area contributed by atoms with E-state index >= 15 is 0 Å². The van der Waals surface area contributed by atoms with Gasteiger partial charge in [0.2, 0.25) is 5.91 Å². The number of nitrogens with one attached hydrogen (secondary N) is 1. The summed E-state index contributed by atoms with van der Waals surface area (Å²) in [7, 11) is 2.92. The fourth-order valence-electron chi connectivity index (χ4n) is 2.56. The molecule has 0 fully saturated rings. The molecule has 0 radical (unpaired) electrons. The summed E-state index contributed by atoms with van der Waals surface area (Å²) in [4.78, 5) is 25.6. The van der Waals surface area contributed by atoms with Gasteiger partial charge in [0.05, 0.1) is 19.9 Å². The lowest BCUT2D eigenvalue weighted by Gasteiger charge is -2.22. The third-order valence-corrected chi connectivity index (χ3v) is 3.80. The Morgan fingerprint density at radius 2 is 1.65 bits per heavy atom. The maximum atomic E-state index is 13.9. The Morgan fingerprint density at radius 1 is 1.04 bits per heavy atom. The van der Waals surface area contributed by atoms with Gasteiger partial charge in [-0.15, -0.1) is 0 Å². The van der Waals surface area contributed by atoms with Gasteiger partial charge in [0, 0.05) is 20.0 Å². The number of halogens is 1. The van der Waals surface area contributed by atoms with Crippen molar-refractivity contribution in [2.45, 2.75) is 6.92 Å². The molecule has 0 aromatic heterocycles. The number of anilines is 1. The largest absolute Gasteiger partial charge is 0.496 e. The number of benzene rings is 2. The van der Waals surface area contributed by atoms with Crippen LogP contribution in [0.4, 0.5) is 10.1 Å². The van der Waals surface area contributed by atoms with E-state index in [-0.39, 0.29) is 30.2 Å². The molecule has 0 heterocycles. The first-order valence-corrected chi connectivity index (χ1v) is 8.01. The number of hydrogen-bond donors (Lipinski definition) is 1. The van der Waals surface area contributed by atoms with Gasteiger partial charge in [0.1, 0.15) is 22.9 Å². The van der Waals surface area contributed by atoms with Crippen molar-refractivity contribution in [3.05, 3.63) is 53.8 Å². The lowest BCUT2D eigenvalue weighted by molar-refractivity contribution is -0.116. The second kappa shape index (κ2) is 8.84. The molecular formula is C19H21FN2O4. The topological polar surface area (TPSA) is 67.9 Å². The highest BCUT2D eigenvalue weighted by molar-refractivity contribution is 6.00. The van der Waals surface area contributed by atoms with E-state index in [2.05, 4.69) is 5.32 Å². The van der Waals surface area contributed by atoms with Crippen LogP contribution in [0, 0.1) is 5.82 Å². The highest BCUT2D eigenvalue weighted by Gasteiger charge is 2.19. The molecule has 0 aliphatic heterocycles. The predicted molar refractivity (Wildman–Crippen MR) is 96.3 cm³/mol. The normalized spacial score (nSPS) is 10.2. The van der Waals surface area contributed by atoms with E-state index in [1.54, 1.807) is 30.3 Å². The molecule has 7 heteroatoms. The molecule has 2 amide bonds. The van der Waals surface area contributed by atoms with Gasteiger partial charge in [-0.25, -0.2) is 4.39 Å². The zero-order valence-electron chi connectivity index (χ0n) is 14.9. The Hall–Kier alpha value is -3.09. The number of nitrogens with zero attached hydrogens (tertiary/aromatic N) is 1. The predicted octanol–water partition coefficient (Wildman–Crippen LogP) is 2.63. The molecule has 6 nitrogen and oxygen atoms in total. The van der Waals surface area contributed by atoms with E-state index in [1.807, 2.05) is 0 Å². The van der Waals surface area contributed by atoms with Crippen LogP contribution < -0.4 is 19.7 Å². The van der Waals surface area contributed by atoms with Crippen molar-refractivity contribution in [2.75, 3.05) is 32.2 Å². The monoisotopic (exact) mass is 360 g/mol. The number of hydrogen-bond acceptors (Lipinski definition) is 4. The lowest BCUT2D eigenvalue weighted by atomic mass is 10.1. The molecule has 0 saturated carbocycles. The molecule has 2 rings (SSSR count). The van der Waals surface area contributed by atoms with Crippen LogP contribution in [-0.4, -0.2) is 39.1 Å². The minimum Gasteiger partial charge on any atom is -0.496 e. The first kappa shape index (κ1) is 19.2. The summed E-state index contributed by atoms with van der Waals surface area (Å²) in [5, 5.41) is 2.71. The molecule has 0 bridgehead atoms. The summed E-state index contributed by atoms with van der Waals surface area (Å²) in [6, 6.07) is 11.0. The highest BCUT2D eigenvalue weighted by Crippen LogP contribution is 2.28. The number of rotatable bonds is 7. The number of carbonyl (C=O) groups is 2. The van der Waals surface area contributed by atoms with Crippen molar-refractivity contribution in [3.8, 4) is 11.5 Å². The van der Waals surface area contributed by atoms with Gasteiger partial charge in [0.25, 0.3) is 5.91 Å². The third-order valence-electron chi connectivity index (χ3n) is 3.80. The fourth-order valence-corrected chi connectivity index (χ4v) is 2.56. The molecule has 0 saturated heterocycles. The van der Waals surface area contributed by atoms with Crippen LogP contribution in [0.15, 0.2) is 42.5 Å². The van der Waals surface area contributed by atoms with Gasteiger partial charge >= 0.3 is 0 Å². The standard InChI is InChI=1S/C19H21FN2O4/c1-13(23)22(15-8-5-4-7-14(15)20)12-11-21-19(24)18-16(25-2)9-6-10-17(18)26-3/h4-10H,11-12H2,1-3H3,(H,21,24). The second-order valence-electron chi connectivity index (χ2n) is 5.42. The zero-order chi connectivity index (χ0) is 19.1. The quantitative estimate of drug-likeness (QED) is 0.824. The van der Waals surface area contributed by atoms with Gasteiger partial charge in [0.15, 0.2) is 0 Å². The number of carbonyl (C=O) groups excluding carboxylic acids is 2. The zero-order valence-corrected chi connectivity index (χ0v) is 14.9. The van der Waals surface area contributed by atoms with Crippen LogP contribution in [0.25, 0.3) is 0 Å². The van der Waals surface area contributed by atoms with Crippen LogP contribution in [0.5, 0.6) is 11.5 Å². The Balaban J connectivity index is 2.10. The Bertz CT molecular complexity index is 773. The minimum atomic E-state index is -0.500. The van der Waals surface area contributed by atoms with Crippen LogP contribution in [0.2, 0.25) is 0 Å². The van der Waals surface area contributed by atoms with E-state index in [0.717, 1.165) is 0 Å². The van der Waals surface area contributed by atoms with E-state index < -0.39 is 11.7 Å². The van der Waals surface area contributed by atoms with Crippen LogP contribution >= 0.6 is 0 Å². The summed E-state index contributed by atoms with van der Waals surface area (Å²) in [6.07, 6.45) is 0.